The van der Waals surface area contributed by atoms with Crippen molar-refractivity contribution in [3.63, 3.8) is 0 Å². The Bertz CT molecular complexity index is 691. The number of likely N-dealkylation sites (tertiary alicyclic amines) is 1. The standard InChI is InChI=1S/C21H34N4O2/c1-15-19(16(2)24(4)22-15)14-23(3)21(27)18-11-12-25(13-18)20(26)10-9-17-7-5-6-8-17/h17-18H,5-14H2,1-4H3. The molecule has 0 aromatic carbocycles. The maximum absolute atomic E-state index is 12.9. The highest BCUT2D eigenvalue weighted by Gasteiger charge is 2.33. The molecule has 1 aromatic rings. The fraction of sp³-hybridized carbons (Fsp3) is 0.762. The van der Waals surface area contributed by atoms with Crippen molar-refractivity contribution < 1.29 is 9.59 Å². The Labute approximate surface area is 162 Å². The Kier molecular flexibility index (Phi) is 6.22. The Morgan fingerprint density at radius 2 is 1.89 bits per heavy atom. The summed E-state index contributed by atoms with van der Waals surface area (Å²) in [5, 5.41) is 4.43. The number of aryl methyl sites for hydroxylation is 2. The van der Waals surface area contributed by atoms with Crippen LogP contribution in [0.25, 0.3) is 0 Å². The summed E-state index contributed by atoms with van der Waals surface area (Å²) in [5.41, 5.74) is 3.20. The Hall–Kier alpha value is -1.85. The molecule has 150 valence electrons. The fourth-order valence-electron chi connectivity index (χ4n) is 4.65. The van der Waals surface area contributed by atoms with Gasteiger partial charge in [-0.3, -0.25) is 14.3 Å². The molecule has 27 heavy (non-hydrogen) atoms. The van der Waals surface area contributed by atoms with Crippen molar-refractivity contribution in [2.75, 3.05) is 20.1 Å². The zero-order valence-electron chi connectivity index (χ0n) is 17.3. The maximum Gasteiger partial charge on any atom is 0.227 e. The van der Waals surface area contributed by atoms with Crippen LogP contribution in [0, 0.1) is 25.7 Å². The lowest BCUT2D eigenvalue weighted by molar-refractivity contribution is -0.135. The van der Waals surface area contributed by atoms with Gasteiger partial charge in [0, 0.05) is 51.4 Å². The van der Waals surface area contributed by atoms with Gasteiger partial charge in [0.05, 0.1) is 11.6 Å². The molecular weight excluding hydrogens is 340 g/mol. The highest BCUT2D eigenvalue weighted by atomic mass is 16.2. The highest BCUT2D eigenvalue weighted by molar-refractivity contribution is 5.82. The molecular formula is C21H34N4O2. The van der Waals surface area contributed by atoms with Gasteiger partial charge in [-0.1, -0.05) is 25.7 Å². The summed E-state index contributed by atoms with van der Waals surface area (Å²) < 4.78 is 1.86. The molecule has 1 saturated carbocycles. The van der Waals surface area contributed by atoms with Crippen LogP contribution in [-0.4, -0.2) is 51.5 Å². The molecule has 1 unspecified atom stereocenters. The minimum atomic E-state index is -0.0669. The van der Waals surface area contributed by atoms with Gasteiger partial charge in [0.1, 0.15) is 0 Å². The molecule has 0 spiro atoms. The molecule has 6 nitrogen and oxygen atoms in total. The van der Waals surface area contributed by atoms with E-state index in [9.17, 15) is 9.59 Å². The number of carbonyl (C=O) groups excluding carboxylic acids is 2. The van der Waals surface area contributed by atoms with E-state index in [1.807, 2.05) is 37.5 Å². The van der Waals surface area contributed by atoms with E-state index in [-0.39, 0.29) is 17.7 Å². The molecule has 2 fully saturated rings. The first-order chi connectivity index (χ1) is 12.9. The number of hydrogen-bond donors (Lipinski definition) is 0. The van der Waals surface area contributed by atoms with Gasteiger partial charge in [0.2, 0.25) is 11.8 Å². The Morgan fingerprint density at radius 3 is 2.52 bits per heavy atom. The summed E-state index contributed by atoms with van der Waals surface area (Å²) in [6, 6.07) is 0. The van der Waals surface area contributed by atoms with Gasteiger partial charge in [-0.15, -0.1) is 0 Å². The van der Waals surface area contributed by atoms with Crippen molar-refractivity contribution in [1.82, 2.24) is 19.6 Å². The van der Waals surface area contributed by atoms with E-state index in [2.05, 4.69) is 5.10 Å². The van der Waals surface area contributed by atoms with Gasteiger partial charge in [0.15, 0.2) is 0 Å². The molecule has 1 atom stereocenters. The summed E-state index contributed by atoms with van der Waals surface area (Å²) in [6.07, 6.45) is 7.66. The molecule has 6 heteroatoms. The summed E-state index contributed by atoms with van der Waals surface area (Å²) >= 11 is 0. The van der Waals surface area contributed by atoms with Crippen LogP contribution in [-0.2, 0) is 23.2 Å². The predicted molar refractivity (Wildman–Crippen MR) is 105 cm³/mol. The van der Waals surface area contributed by atoms with Crippen LogP contribution in [0.4, 0.5) is 0 Å². The summed E-state index contributed by atoms with van der Waals surface area (Å²) in [5.74, 6) is 1.05. The first-order valence-corrected chi connectivity index (χ1v) is 10.4. The third-order valence-corrected chi connectivity index (χ3v) is 6.56. The van der Waals surface area contributed by atoms with Gasteiger partial charge in [-0.05, 0) is 32.6 Å². The third kappa shape index (κ3) is 4.53. The van der Waals surface area contributed by atoms with E-state index in [4.69, 9.17) is 0 Å². The lowest BCUT2D eigenvalue weighted by atomic mass is 10.0. The van der Waals surface area contributed by atoms with E-state index < -0.39 is 0 Å². The predicted octanol–water partition coefficient (Wildman–Crippen LogP) is 2.81. The van der Waals surface area contributed by atoms with Crippen LogP contribution in [0.2, 0.25) is 0 Å². The van der Waals surface area contributed by atoms with Gasteiger partial charge in [-0.25, -0.2) is 0 Å². The van der Waals surface area contributed by atoms with Gasteiger partial charge in [-0.2, -0.15) is 5.10 Å². The zero-order valence-corrected chi connectivity index (χ0v) is 17.3. The van der Waals surface area contributed by atoms with Crippen molar-refractivity contribution in [2.24, 2.45) is 18.9 Å². The van der Waals surface area contributed by atoms with Crippen molar-refractivity contribution in [3.8, 4) is 0 Å². The van der Waals surface area contributed by atoms with Gasteiger partial charge >= 0.3 is 0 Å². The average Bonchev–Trinajstić information content (AvgIpc) is 3.37. The first-order valence-electron chi connectivity index (χ1n) is 10.4. The Morgan fingerprint density at radius 1 is 1.19 bits per heavy atom. The first kappa shape index (κ1) is 19.9. The van der Waals surface area contributed by atoms with Crippen molar-refractivity contribution in [1.29, 1.82) is 0 Å². The third-order valence-electron chi connectivity index (χ3n) is 6.56. The summed E-state index contributed by atoms with van der Waals surface area (Å²) in [7, 11) is 3.79. The number of hydrogen-bond acceptors (Lipinski definition) is 3. The number of rotatable bonds is 6. The van der Waals surface area contributed by atoms with Crippen LogP contribution in [0.3, 0.4) is 0 Å². The molecule has 2 aliphatic rings. The molecule has 2 amide bonds. The average molecular weight is 375 g/mol. The van der Waals surface area contributed by atoms with E-state index in [1.54, 1.807) is 4.90 Å². The van der Waals surface area contributed by atoms with Crippen molar-refractivity contribution in [2.45, 2.75) is 65.3 Å². The fourth-order valence-corrected chi connectivity index (χ4v) is 4.65. The monoisotopic (exact) mass is 374 g/mol. The lowest BCUT2D eigenvalue weighted by Gasteiger charge is -2.22. The largest absolute Gasteiger partial charge is 0.342 e. The second-order valence-corrected chi connectivity index (χ2v) is 8.48. The maximum atomic E-state index is 12.9. The topological polar surface area (TPSA) is 58.4 Å². The van der Waals surface area contributed by atoms with Crippen LogP contribution in [0.1, 0.15) is 61.9 Å². The molecule has 0 bridgehead atoms. The lowest BCUT2D eigenvalue weighted by Crippen LogP contribution is -2.35. The molecule has 1 aromatic heterocycles. The van der Waals surface area contributed by atoms with Crippen LogP contribution < -0.4 is 0 Å². The van der Waals surface area contributed by atoms with Crippen molar-refractivity contribution in [3.05, 3.63) is 17.0 Å². The minimum Gasteiger partial charge on any atom is -0.342 e. The summed E-state index contributed by atoms with van der Waals surface area (Å²) in [4.78, 5) is 29.1. The second kappa shape index (κ2) is 8.44. The SMILES string of the molecule is Cc1nn(C)c(C)c1CN(C)C(=O)C1CCN(C(=O)CCC2CCCC2)C1. The Balaban J connectivity index is 1.49. The number of carbonyl (C=O) groups is 2. The van der Waals surface area contributed by atoms with E-state index in [0.29, 0.717) is 19.5 Å². The van der Waals surface area contributed by atoms with Gasteiger partial charge < -0.3 is 9.80 Å². The van der Waals surface area contributed by atoms with Crippen molar-refractivity contribution >= 4 is 11.8 Å². The van der Waals surface area contributed by atoms with Crippen LogP contribution >= 0.6 is 0 Å². The number of amides is 2. The minimum absolute atomic E-state index is 0.0669. The molecule has 2 heterocycles. The van der Waals surface area contributed by atoms with E-state index in [0.717, 1.165) is 42.3 Å². The second-order valence-electron chi connectivity index (χ2n) is 8.48. The molecule has 1 aliphatic heterocycles. The van der Waals surface area contributed by atoms with Crippen LogP contribution in [0.5, 0.6) is 0 Å². The quantitative estimate of drug-likeness (QED) is 0.769. The molecule has 0 radical (unpaired) electrons. The van der Waals surface area contributed by atoms with Crippen LogP contribution in [0.15, 0.2) is 0 Å². The summed E-state index contributed by atoms with van der Waals surface area (Å²) in [6.45, 7) is 5.90. The van der Waals surface area contributed by atoms with E-state index in [1.165, 1.54) is 25.7 Å². The van der Waals surface area contributed by atoms with Gasteiger partial charge in [0.25, 0.3) is 0 Å². The van der Waals surface area contributed by atoms with E-state index >= 15 is 0 Å². The zero-order chi connectivity index (χ0) is 19.6. The molecule has 0 N–H and O–H groups in total. The highest BCUT2D eigenvalue weighted by Crippen LogP contribution is 2.29. The normalized spacial score (nSPS) is 20.4. The molecule has 1 aliphatic carbocycles. The molecule has 3 rings (SSSR count). The number of nitrogens with zero attached hydrogens (tertiary/aromatic N) is 4. The number of aromatic nitrogens is 2. The smallest absolute Gasteiger partial charge is 0.227 e. The molecule has 1 saturated heterocycles.